The molecule has 7 nitrogen and oxygen atoms in total. The number of fused-ring (bicyclic) bond motifs is 1. The summed E-state index contributed by atoms with van der Waals surface area (Å²) >= 11 is 0. The van der Waals surface area contributed by atoms with Crippen molar-refractivity contribution in [2.45, 2.75) is 19.8 Å². The van der Waals surface area contributed by atoms with E-state index in [2.05, 4.69) is 5.32 Å². The first-order chi connectivity index (χ1) is 13.5. The summed E-state index contributed by atoms with van der Waals surface area (Å²) in [5.74, 6) is -1.28. The number of nitrogens with zero attached hydrogens (tertiary/aromatic N) is 2. The maximum atomic E-state index is 12.4. The summed E-state index contributed by atoms with van der Waals surface area (Å²) in [5.41, 5.74) is 2.88. The lowest BCUT2D eigenvalue weighted by Gasteiger charge is -2.19. The molecule has 1 fully saturated rings. The highest BCUT2D eigenvalue weighted by molar-refractivity contribution is 6.22. The third-order valence-corrected chi connectivity index (χ3v) is 5.02. The monoisotopic (exact) mass is 377 g/mol. The van der Waals surface area contributed by atoms with Crippen molar-refractivity contribution in [2.75, 3.05) is 23.3 Å². The largest absolute Gasteiger partial charge is 0.325 e. The maximum Gasteiger partial charge on any atom is 0.262 e. The Kier molecular flexibility index (Phi) is 4.43. The third-order valence-electron chi connectivity index (χ3n) is 5.02. The molecular weight excluding hydrogens is 358 g/mol. The Morgan fingerprint density at radius 1 is 1.04 bits per heavy atom. The van der Waals surface area contributed by atoms with Crippen molar-refractivity contribution in [3.05, 3.63) is 59.2 Å². The Bertz CT molecular complexity index is 979. The van der Waals surface area contributed by atoms with Crippen LogP contribution >= 0.6 is 0 Å². The number of rotatable bonds is 4. The second-order valence-corrected chi connectivity index (χ2v) is 6.94. The molecular formula is C21H19N3O4. The van der Waals surface area contributed by atoms with Crippen LogP contribution in [0, 0.1) is 6.92 Å². The van der Waals surface area contributed by atoms with E-state index >= 15 is 0 Å². The van der Waals surface area contributed by atoms with Crippen molar-refractivity contribution < 1.29 is 19.2 Å². The number of nitrogens with one attached hydrogen (secondary N) is 1. The van der Waals surface area contributed by atoms with E-state index in [0.29, 0.717) is 29.8 Å². The minimum Gasteiger partial charge on any atom is -0.325 e. The van der Waals surface area contributed by atoms with Crippen molar-refractivity contribution in [3.63, 3.8) is 0 Å². The first-order valence-corrected chi connectivity index (χ1v) is 9.12. The lowest BCUT2D eigenvalue weighted by Crippen LogP contribution is -2.37. The van der Waals surface area contributed by atoms with Gasteiger partial charge in [-0.3, -0.25) is 24.1 Å². The van der Waals surface area contributed by atoms with Gasteiger partial charge in [0, 0.05) is 24.3 Å². The Balaban J connectivity index is 1.45. The third kappa shape index (κ3) is 3.05. The predicted octanol–water partition coefficient (Wildman–Crippen LogP) is 2.36. The highest BCUT2D eigenvalue weighted by Crippen LogP contribution is 2.27. The molecule has 1 saturated heterocycles. The summed E-state index contributed by atoms with van der Waals surface area (Å²) < 4.78 is 0. The van der Waals surface area contributed by atoms with Crippen LogP contribution in [-0.4, -0.2) is 41.6 Å². The predicted molar refractivity (Wildman–Crippen MR) is 103 cm³/mol. The number of carbonyl (C=O) groups excluding carboxylic acids is 4. The topological polar surface area (TPSA) is 86.8 Å². The van der Waals surface area contributed by atoms with Gasteiger partial charge >= 0.3 is 0 Å². The van der Waals surface area contributed by atoms with E-state index in [1.165, 1.54) is 0 Å². The van der Waals surface area contributed by atoms with Gasteiger partial charge in [-0.05, 0) is 49.2 Å². The number of hydrogen-bond donors (Lipinski definition) is 1. The van der Waals surface area contributed by atoms with Gasteiger partial charge < -0.3 is 10.2 Å². The maximum absolute atomic E-state index is 12.4. The fourth-order valence-electron chi connectivity index (χ4n) is 3.67. The second kappa shape index (κ2) is 6.92. The van der Waals surface area contributed by atoms with Crippen LogP contribution in [0.5, 0.6) is 0 Å². The van der Waals surface area contributed by atoms with E-state index in [0.717, 1.165) is 22.6 Å². The van der Waals surface area contributed by atoms with E-state index in [4.69, 9.17) is 0 Å². The average molecular weight is 377 g/mol. The number of amides is 4. The Labute approximate surface area is 161 Å². The van der Waals surface area contributed by atoms with Crippen LogP contribution in [0.25, 0.3) is 0 Å². The number of benzene rings is 2. The van der Waals surface area contributed by atoms with Gasteiger partial charge in [-0.25, -0.2) is 0 Å². The normalized spacial score (nSPS) is 16.0. The fourth-order valence-corrected chi connectivity index (χ4v) is 3.67. The molecule has 2 aromatic rings. The molecule has 1 N–H and O–H groups in total. The Hall–Kier alpha value is -3.48. The van der Waals surface area contributed by atoms with Crippen LogP contribution in [0.15, 0.2) is 42.5 Å². The van der Waals surface area contributed by atoms with Gasteiger partial charge in [-0.2, -0.15) is 0 Å². The molecule has 2 aliphatic heterocycles. The van der Waals surface area contributed by atoms with Crippen molar-refractivity contribution in [3.8, 4) is 0 Å². The molecule has 142 valence electrons. The summed E-state index contributed by atoms with van der Waals surface area (Å²) in [6.07, 6.45) is 1.40. The molecule has 2 aromatic carbocycles. The van der Waals surface area contributed by atoms with E-state index < -0.39 is 17.7 Å². The highest BCUT2D eigenvalue weighted by atomic mass is 16.2. The van der Waals surface area contributed by atoms with Gasteiger partial charge in [0.2, 0.25) is 11.8 Å². The summed E-state index contributed by atoms with van der Waals surface area (Å²) in [4.78, 5) is 51.7. The highest BCUT2D eigenvalue weighted by Gasteiger charge is 2.36. The SMILES string of the molecule is Cc1cc(NC(=O)CN2C(=O)c3ccccc3C2=O)ccc1N1CCCC1=O. The minimum absolute atomic E-state index is 0.102. The molecule has 0 unspecified atom stereocenters. The van der Waals surface area contributed by atoms with E-state index in [9.17, 15) is 19.2 Å². The number of carbonyl (C=O) groups is 4. The molecule has 0 saturated carbocycles. The van der Waals surface area contributed by atoms with Crippen LogP contribution in [0.3, 0.4) is 0 Å². The molecule has 2 aliphatic rings. The average Bonchev–Trinajstić information content (AvgIpc) is 3.19. The number of hydrogen-bond acceptors (Lipinski definition) is 4. The molecule has 4 rings (SSSR count). The summed E-state index contributed by atoms with van der Waals surface area (Å²) in [5, 5.41) is 2.72. The van der Waals surface area contributed by atoms with Gasteiger partial charge in [-0.1, -0.05) is 12.1 Å². The van der Waals surface area contributed by atoms with Crippen molar-refractivity contribution in [1.29, 1.82) is 0 Å². The van der Waals surface area contributed by atoms with E-state index in [1.807, 2.05) is 6.92 Å². The van der Waals surface area contributed by atoms with Crippen molar-refractivity contribution in [2.24, 2.45) is 0 Å². The summed E-state index contributed by atoms with van der Waals surface area (Å²) in [6, 6.07) is 11.8. The zero-order chi connectivity index (χ0) is 19.8. The van der Waals surface area contributed by atoms with Gasteiger partial charge in [0.1, 0.15) is 6.54 Å². The van der Waals surface area contributed by atoms with Gasteiger partial charge in [0.15, 0.2) is 0 Å². The lowest BCUT2D eigenvalue weighted by atomic mass is 10.1. The summed E-state index contributed by atoms with van der Waals surface area (Å²) in [7, 11) is 0. The quantitative estimate of drug-likeness (QED) is 0.829. The first kappa shape index (κ1) is 17.9. The summed E-state index contributed by atoms with van der Waals surface area (Å²) in [6.45, 7) is 2.23. The van der Waals surface area contributed by atoms with E-state index in [-0.39, 0.29) is 12.5 Å². The molecule has 28 heavy (non-hydrogen) atoms. The van der Waals surface area contributed by atoms with Gasteiger partial charge in [0.05, 0.1) is 11.1 Å². The second-order valence-electron chi connectivity index (χ2n) is 6.94. The van der Waals surface area contributed by atoms with Crippen LogP contribution in [0.2, 0.25) is 0 Å². The van der Waals surface area contributed by atoms with E-state index in [1.54, 1.807) is 47.4 Å². The Morgan fingerprint density at radius 3 is 2.29 bits per heavy atom. The van der Waals surface area contributed by atoms with Crippen molar-refractivity contribution >= 4 is 35.0 Å². The van der Waals surface area contributed by atoms with Crippen LogP contribution in [0.4, 0.5) is 11.4 Å². The minimum atomic E-state index is -0.463. The first-order valence-electron chi connectivity index (χ1n) is 9.12. The molecule has 4 amide bonds. The molecule has 0 radical (unpaired) electrons. The number of imide groups is 1. The smallest absolute Gasteiger partial charge is 0.262 e. The zero-order valence-corrected chi connectivity index (χ0v) is 15.4. The molecule has 0 bridgehead atoms. The Morgan fingerprint density at radius 2 is 1.71 bits per heavy atom. The standard InChI is InChI=1S/C21H19N3O4/c1-13-11-14(8-9-17(13)23-10-4-7-19(23)26)22-18(25)12-24-20(27)15-5-2-3-6-16(15)21(24)28/h2-3,5-6,8-9,11H,4,7,10,12H2,1H3,(H,22,25). The van der Waals surface area contributed by atoms with Gasteiger partial charge in [-0.15, -0.1) is 0 Å². The molecule has 0 atom stereocenters. The zero-order valence-electron chi connectivity index (χ0n) is 15.4. The number of aryl methyl sites for hydroxylation is 1. The molecule has 2 heterocycles. The molecule has 0 spiro atoms. The fraction of sp³-hybridized carbons (Fsp3) is 0.238. The van der Waals surface area contributed by atoms with Crippen LogP contribution in [0.1, 0.15) is 39.1 Å². The lowest BCUT2D eigenvalue weighted by molar-refractivity contribution is -0.117. The van der Waals surface area contributed by atoms with Crippen LogP contribution in [-0.2, 0) is 9.59 Å². The van der Waals surface area contributed by atoms with Crippen molar-refractivity contribution in [1.82, 2.24) is 4.90 Å². The van der Waals surface area contributed by atoms with Gasteiger partial charge in [0.25, 0.3) is 11.8 Å². The van der Waals surface area contributed by atoms with Crippen LogP contribution < -0.4 is 10.2 Å². The molecule has 0 aliphatic carbocycles. The molecule has 0 aromatic heterocycles. The molecule has 7 heteroatoms. The number of anilines is 2.